The highest BCUT2D eigenvalue weighted by molar-refractivity contribution is 9.08. The number of aryl methyl sites for hydroxylation is 1. The number of halogens is 2. The Kier molecular flexibility index (Phi) is 4.97. The van der Waals surface area contributed by atoms with Crippen molar-refractivity contribution in [2.45, 2.75) is 25.3 Å². The molecule has 2 aromatic rings. The van der Waals surface area contributed by atoms with Crippen molar-refractivity contribution in [1.29, 1.82) is 0 Å². The van der Waals surface area contributed by atoms with Gasteiger partial charge in [-0.2, -0.15) is 0 Å². The summed E-state index contributed by atoms with van der Waals surface area (Å²) in [5, 5.41) is 0.578. The van der Waals surface area contributed by atoms with Crippen LogP contribution in [0.25, 0.3) is 0 Å². The van der Waals surface area contributed by atoms with Crippen molar-refractivity contribution in [2.24, 2.45) is 0 Å². The molecule has 1 nitrogen and oxygen atoms in total. The van der Waals surface area contributed by atoms with Crippen LogP contribution in [0.3, 0.4) is 0 Å². The van der Waals surface area contributed by atoms with Crippen LogP contribution in [0.1, 0.15) is 23.6 Å². The maximum Gasteiger partial charge on any atom is 0.165 e. The Morgan fingerprint density at radius 2 is 1.74 bits per heavy atom. The van der Waals surface area contributed by atoms with Gasteiger partial charge >= 0.3 is 0 Å². The maximum absolute atomic E-state index is 13.7. The number of hydrogen-bond donors (Lipinski definition) is 0. The molecule has 0 atom stereocenters. The quantitative estimate of drug-likeness (QED) is 0.714. The van der Waals surface area contributed by atoms with E-state index in [9.17, 15) is 4.39 Å². The van der Waals surface area contributed by atoms with Crippen molar-refractivity contribution in [3.63, 3.8) is 0 Å². The second kappa shape index (κ2) is 6.71. The molecule has 100 valence electrons. The molecule has 19 heavy (non-hydrogen) atoms. The first kappa shape index (κ1) is 14.1. The van der Waals surface area contributed by atoms with E-state index in [4.69, 9.17) is 4.74 Å². The number of benzene rings is 2. The zero-order chi connectivity index (χ0) is 13.7. The minimum absolute atomic E-state index is 0.317. The van der Waals surface area contributed by atoms with Crippen LogP contribution in [-0.4, -0.2) is 0 Å². The van der Waals surface area contributed by atoms with E-state index in [1.54, 1.807) is 6.07 Å². The van der Waals surface area contributed by atoms with Crippen LogP contribution in [0.4, 0.5) is 4.39 Å². The van der Waals surface area contributed by atoms with E-state index in [1.807, 2.05) is 18.2 Å². The molecule has 2 rings (SSSR count). The molecule has 3 heteroatoms. The molecule has 0 spiro atoms. The van der Waals surface area contributed by atoms with Gasteiger partial charge < -0.3 is 4.74 Å². The summed E-state index contributed by atoms with van der Waals surface area (Å²) in [6.07, 6.45) is 1.02. The lowest BCUT2D eigenvalue weighted by molar-refractivity contribution is 0.288. The molecule has 0 unspecified atom stereocenters. The second-order valence-corrected chi connectivity index (χ2v) is 4.88. The minimum Gasteiger partial charge on any atom is -0.486 e. The number of ether oxygens (including phenoxy) is 1. The predicted octanol–water partition coefficient (Wildman–Crippen LogP) is 4.86. The summed E-state index contributed by atoms with van der Waals surface area (Å²) in [5.74, 6) is 0.0149. The molecule has 0 amide bonds. The van der Waals surface area contributed by atoms with Crippen LogP contribution < -0.4 is 4.74 Å². The van der Waals surface area contributed by atoms with E-state index in [1.165, 1.54) is 11.6 Å². The number of para-hydroxylation sites is 1. The monoisotopic (exact) mass is 322 g/mol. The summed E-state index contributed by atoms with van der Waals surface area (Å²) < 4.78 is 19.3. The van der Waals surface area contributed by atoms with Gasteiger partial charge in [-0.25, -0.2) is 4.39 Å². The summed E-state index contributed by atoms with van der Waals surface area (Å²) in [7, 11) is 0. The molecule has 0 radical (unpaired) electrons. The molecule has 0 aliphatic heterocycles. The van der Waals surface area contributed by atoms with Crippen molar-refractivity contribution in [3.05, 3.63) is 65.0 Å². The van der Waals surface area contributed by atoms with Gasteiger partial charge in [0.25, 0.3) is 0 Å². The van der Waals surface area contributed by atoms with Crippen LogP contribution in [-0.2, 0) is 18.4 Å². The van der Waals surface area contributed by atoms with E-state index < -0.39 is 0 Å². The molecular weight excluding hydrogens is 307 g/mol. The molecule has 0 heterocycles. The molecule has 0 N–H and O–H groups in total. The Hall–Kier alpha value is -1.35. The van der Waals surface area contributed by atoms with Gasteiger partial charge in [0.2, 0.25) is 0 Å². The predicted molar refractivity (Wildman–Crippen MR) is 79.2 cm³/mol. The van der Waals surface area contributed by atoms with Gasteiger partial charge in [-0.15, -0.1) is 0 Å². The second-order valence-electron chi connectivity index (χ2n) is 4.32. The largest absolute Gasteiger partial charge is 0.486 e. The topological polar surface area (TPSA) is 9.23 Å². The molecule has 0 saturated heterocycles. The van der Waals surface area contributed by atoms with Crippen molar-refractivity contribution >= 4 is 15.9 Å². The maximum atomic E-state index is 13.7. The number of hydrogen-bond acceptors (Lipinski definition) is 1. The molecule has 0 aliphatic rings. The Morgan fingerprint density at radius 1 is 1.05 bits per heavy atom. The first-order valence-corrected chi connectivity index (χ1v) is 7.40. The van der Waals surface area contributed by atoms with Gasteiger partial charge in [0.15, 0.2) is 11.6 Å². The zero-order valence-corrected chi connectivity index (χ0v) is 12.4. The zero-order valence-electron chi connectivity index (χ0n) is 10.8. The third-order valence-corrected chi connectivity index (χ3v) is 3.61. The fourth-order valence-corrected chi connectivity index (χ4v) is 2.29. The van der Waals surface area contributed by atoms with E-state index in [-0.39, 0.29) is 5.82 Å². The molecule has 0 aromatic heterocycles. The van der Waals surface area contributed by atoms with Crippen molar-refractivity contribution in [3.8, 4) is 5.75 Å². The first-order valence-electron chi connectivity index (χ1n) is 6.28. The van der Waals surface area contributed by atoms with E-state index in [2.05, 4.69) is 35.0 Å². The Bertz CT molecular complexity index is 537. The Morgan fingerprint density at radius 3 is 2.37 bits per heavy atom. The summed E-state index contributed by atoms with van der Waals surface area (Å²) >= 11 is 3.34. The summed E-state index contributed by atoms with van der Waals surface area (Å²) in [4.78, 5) is 0. The number of alkyl halides is 1. The normalized spacial score (nSPS) is 10.5. The SMILES string of the molecule is CCc1ccc(COc2c(F)cccc2CBr)cc1. The summed E-state index contributed by atoms with van der Waals surface area (Å²) in [6.45, 7) is 2.50. The highest BCUT2D eigenvalue weighted by Gasteiger charge is 2.08. The Balaban J connectivity index is 2.09. The van der Waals surface area contributed by atoms with Crippen molar-refractivity contribution in [1.82, 2.24) is 0 Å². The Labute approximate surface area is 121 Å². The van der Waals surface area contributed by atoms with Crippen molar-refractivity contribution < 1.29 is 9.13 Å². The minimum atomic E-state index is -0.317. The average molecular weight is 323 g/mol. The van der Waals surface area contributed by atoms with E-state index in [0.717, 1.165) is 17.5 Å². The lowest BCUT2D eigenvalue weighted by Crippen LogP contribution is -2.00. The lowest BCUT2D eigenvalue weighted by atomic mass is 10.1. The van der Waals surface area contributed by atoms with Crippen LogP contribution in [0.15, 0.2) is 42.5 Å². The molecule has 0 saturated carbocycles. The van der Waals surface area contributed by atoms with Crippen LogP contribution in [0.5, 0.6) is 5.75 Å². The molecule has 2 aromatic carbocycles. The standard InChI is InChI=1S/C16H16BrFO/c1-2-12-6-8-13(9-7-12)11-19-16-14(10-17)4-3-5-15(16)18/h3-9H,2,10-11H2,1H3. The first-order chi connectivity index (χ1) is 9.24. The van der Waals surface area contributed by atoms with Crippen LogP contribution in [0, 0.1) is 5.82 Å². The summed E-state index contributed by atoms with van der Waals surface area (Å²) in [6, 6.07) is 13.2. The molecule has 0 aliphatic carbocycles. The smallest absolute Gasteiger partial charge is 0.165 e. The average Bonchev–Trinajstić information content (AvgIpc) is 2.46. The van der Waals surface area contributed by atoms with Gasteiger partial charge in [0.05, 0.1) is 0 Å². The highest BCUT2D eigenvalue weighted by Crippen LogP contribution is 2.25. The third kappa shape index (κ3) is 3.57. The molecular formula is C16H16BrFO. The van der Waals surface area contributed by atoms with E-state index in [0.29, 0.717) is 17.7 Å². The van der Waals surface area contributed by atoms with Gasteiger partial charge in [0.1, 0.15) is 6.61 Å². The van der Waals surface area contributed by atoms with Gasteiger partial charge in [-0.05, 0) is 23.6 Å². The highest BCUT2D eigenvalue weighted by atomic mass is 79.9. The summed E-state index contributed by atoms with van der Waals surface area (Å²) in [5.41, 5.74) is 3.15. The lowest BCUT2D eigenvalue weighted by Gasteiger charge is -2.11. The molecule has 0 bridgehead atoms. The fourth-order valence-electron chi connectivity index (χ4n) is 1.85. The van der Waals surface area contributed by atoms with Gasteiger partial charge in [0, 0.05) is 10.9 Å². The van der Waals surface area contributed by atoms with Gasteiger partial charge in [-0.1, -0.05) is 59.3 Å². The fraction of sp³-hybridized carbons (Fsp3) is 0.250. The van der Waals surface area contributed by atoms with Crippen LogP contribution in [0.2, 0.25) is 0 Å². The third-order valence-electron chi connectivity index (χ3n) is 3.01. The van der Waals surface area contributed by atoms with Gasteiger partial charge in [-0.3, -0.25) is 0 Å². The van der Waals surface area contributed by atoms with Crippen LogP contribution >= 0.6 is 15.9 Å². The number of rotatable bonds is 5. The van der Waals surface area contributed by atoms with E-state index >= 15 is 0 Å². The van der Waals surface area contributed by atoms with Crippen molar-refractivity contribution in [2.75, 3.05) is 0 Å². The molecule has 0 fully saturated rings.